The molecule has 0 bridgehead atoms. The van der Waals surface area contributed by atoms with Crippen LogP contribution >= 0.6 is 11.3 Å². The molecule has 0 atom stereocenters. The van der Waals surface area contributed by atoms with Gasteiger partial charge in [0.05, 0.1) is 11.9 Å². The second-order valence-electron chi connectivity index (χ2n) is 3.49. The Hall–Kier alpha value is -1.64. The zero-order chi connectivity index (χ0) is 13.3. The topological polar surface area (TPSA) is 63.8 Å². The van der Waals surface area contributed by atoms with E-state index in [1.165, 1.54) is 11.3 Å². The van der Waals surface area contributed by atoms with Gasteiger partial charge in [-0.15, -0.1) is 11.3 Å². The van der Waals surface area contributed by atoms with Crippen molar-refractivity contribution in [2.24, 2.45) is 0 Å². The van der Waals surface area contributed by atoms with Crippen LogP contribution in [0.4, 0.5) is 29.3 Å². The van der Waals surface area contributed by atoms with E-state index >= 15 is 0 Å². The summed E-state index contributed by atoms with van der Waals surface area (Å²) in [7, 11) is 0. The van der Waals surface area contributed by atoms with Crippen molar-refractivity contribution in [3.63, 3.8) is 0 Å². The molecular weight excluding hydrogens is 272 g/mol. The largest absolute Gasteiger partial charge is 0.368 e. The number of fused-ring (bicyclic) bond motifs is 1. The highest BCUT2D eigenvalue weighted by Crippen LogP contribution is 2.28. The van der Waals surface area contributed by atoms with Crippen LogP contribution in [0.1, 0.15) is 0 Å². The summed E-state index contributed by atoms with van der Waals surface area (Å²) in [5.41, 5.74) is 5.39. The van der Waals surface area contributed by atoms with Gasteiger partial charge < -0.3 is 11.1 Å². The lowest BCUT2D eigenvalue weighted by atomic mass is 10.3. The third-order valence-electron chi connectivity index (χ3n) is 2.15. The zero-order valence-corrected chi connectivity index (χ0v) is 9.65. The molecule has 0 aliphatic carbocycles. The third kappa shape index (κ3) is 2.45. The fourth-order valence-electron chi connectivity index (χ4n) is 1.29. The minimum atomic E-state index is -4.12. The van der Waals surface area contributed by atoms with Crippen molar-refractivity contribution in [3.05, 3.63) is 11.4 Å². The Labute approximate surface area is 103 Å². The highest BCUT2D eigenvalue weighted by atomic mass is 32.1. The maximum absolute atomic E-state index is 12.8. The van der Waals surface area contributed by atoms with Gasteiger partial charge in [0.2, 0.25) is 5.95 Å². The number of aromatic nitrogens is 2. The fourth-order valence-corrected chi connectivity index (χ4v) is 2.06. The van der Waals surface area contributed by atoms with Gasteiger partial charge in [-0.3, -0.25) is 0 Å². The zero-order valence-electron chi connectivity index (χ0n) is 8.83. The summed E-state index contributed by atoms with van der Waals surface area (Å²) in [6.45, 7) is -1.22. The van der Waals surface area contributed by atoms with E-state index in [0.717, 1.165) is 0 Å². The van der Waals surface area contributed by atoms with E-state index in [9.17, 15) is 17.6 Å². The van der Waals surface area contributed by atoms with Crippen LogP contribution in [0.3, 0.4) is 0 Å². The monoisotopic (exact) mass is 280 g/mol. The van der Waals surface area contributed by atoms with Crippen molar-refractivity contribution in [2.45, 2.75) is 12.3 Å². The average molecular weight is 280 g/mol. The Bertz CT molecular complexity index is 556. The first-order valence-corrected chi connectivity index (χ1v) is 5.68. The lowest BCUT2D eigenvalue weighted by Crippen LogP contribution is -2.35. The van der Waals surface area contributed by atoms with Gasteiger partial charge in [0.25, 0.3) is 0 Å². The summed E-state index contributed by atoms with van der Waals surface area (Å²) < 4.78 is 49.6. The molecule has 0 aliphatic heterocycles. The molecule has 0 aromatic carbocycles. The van der Waals surface area contributed by atoms with Gasteiger partial charge in [-0.05, 0) is 11.4 Å². The van der Waals surface area contributed by atoms with Gasteiger partial charge in [0.15, 0.2) is 0 Å². The number of halogens is 4. The predicted molar refractivity (Wildman–Crippen MR) is 61.3 cm³/mol. The van der Waals surface area contributed by atoms with Crippen molar-refractivity contribution < 1.29 is 17.6 Å². The molecule has 0 aliphatic rings. The van der Waals surface area contributed by atoms with E-state index < -0.39 is 18.9 Å². The summed E-state index contributed by atoms with van der Waals surface area (Å²) in [6, 6.07) is 1.60. The summed E-state index contributed by atoms with van der Waals surface area (Å²) in [4.78, 5) is 8.11. The van der Waals surface area contributed by atoms with Crippen molar-refractivity contribution in [2.75, 3.05) is 17.6 Å². The van der Waals surface area contributed by atoms with Crippen molar-refractivity contribution in [1.29, 1.82) is 0 Å². The van der Waals surface area contributed by atoms with Crippen LogP contribution in [-0.2, 0) is 0 Å². The standard InChI is InChI=1S/C9H8F4N4S/c10-7(11)9(12,13)3-15-5-4-1-2-18-6(4)17-8(14)16-5/h1-2,7H,3H2,(H3,14,15,16,17). The van der Waals surface area contributed by atoms with Gasteiger partial charge in [0.1, 0.15) is 10.6 Å². The Morgan fingerprint density at radius 3 is 2.78 bits per heavy atom. The number of thiophene rings is 1. The number of anilines is 2. The quantitative estimate of drug-likeness (QED) is 0.845. The van der Waals surface area contributed by atoms with Gasteiger partial charge >= 0.3 is 12.3 Å². The molecule has 0 amide bonds. The van der Waals surface area contributed by atoms with Crippen LogP contribution in [0, 0.1) is 0 Å². The van der Waals surface area contributed by atoms with E-state index in [2.05, 4.69) is 15.3 Å². The SMILES string of the molecule is Nc1nc(NCC(F)(F)C(F)F)c2ccsc2n1. The maximum Gasteiger partial charge on any atom is 0.324 e. The number of hydrogen-bond donors (Lipinski definition) is 2. The first-order chi connectivity index (χ1) is 8.40. The highest BCUT2D eigenvalue weighted by molar-refractivity contribution is 7.16. The fraction of sp³-hybridized carbons (Fsp3) is 0.333. The minimum Gasteiger partial charge on any atom is -0.368 e. The van der Waals surface area contributed by atoms with E-state index in [0.29, 0.717) is 10.2 Å². The molecule has 0 spiro atoms. The number of nitrogens with zero attached hydrogens (tertiary/aromatic N) is 2. The molecule has 18 heavy (non-hydrogen) atoms. The minimum absolute atomic E-state index is 0.0269. The molecule has 4 nitrogen and oxygen atoms in total. The first kappa shape index (κ1) is 12.8. The molecule has 98 valence electrons. The number of nitrogen functional groups attached to an aromatic ring is 1. The van der Waals surface area contributed by atoms with Crippen LogP contribution in [0.25, 0.3) is 10.2 Å². The molecule has 3 N–H and O–H groups in total. The highest BCUT2D eigenvalue weighted by Gasteiger charge is 2.40. The summed E-state index contributed by atoms with van der Waals surface area (Å²) in [6.07, 6.45) is -3.73. The number of nitrogens with one attached hydrogen (secondary N) is 1. The van der Waals surface area contributed by atoms with E-state index in [1.54, 1.807) is 11.4 Å². The normalized spacial score (nSPS) is 12.3. The third-order valence-corrected chi connectivity index (χ3v) is 2.96. The number of alkyl halides is 4. The molecule has 9 heteroatoms. The Morgan fingerprint density at radius 1 is 1.39 bits per heavy atom. The van der Waals surface area contributed by atoms with Gasteiger partial charge in [-0.2, -0.15) is 13.8 Å². The van der Waals surface area contributed by atoms with E-state index in [-0.39, 0.29) is 11.8 Å². The molecule has 0 saturated heterocycles. The Morgan fingerprint density at radius 2 is 2.11 bits per heavy atom. The van der Waals surface area contributed by atoms with Crippen molar-refractivity contribution in [1.82, 2.24) is 9.97 Å². The summed E-state index contributed by atoms with van der Waals surface area (Å²) in [5.74, 6) is -4.20. The molecule has 2 aromatic heterocycles. The smallest absolute Gasteiger partial charge is 0.324 e. The maximum atomic E-state index is 12.8. The molecular formula is C9H8F4N4S. The molecule has 0 radical (unpaired) electrons. The molecule has 2 rings (SSSR count). The van der Waals surface area contributed by atoms with Gasteiger partial charge in [0, 0.05) is 0 Å². The predicted octanol–water partition coefficient (Wildman–Crippen LogP) is 2.59. The van der Waals surface area contributed by atoms with Crippen LogP contribution < -0.4 is 11.1 Å². The molecule has 2 heterocycles. The van der Waals surface area contributed by atoms with Crippen LogP contribution in [0.15, 0.2) is 11.4 Å². The first-order valence-electron chi connectivity index (χ1n) is 4.81. The number of rotatable bonds is 4. The Kier molecular flexibility index (Phi) is 3.24. The van der Waals surface area contributed by atoms with E-state index in [4.69, 9.17) is 5.73 Å². The molecule has 0 unspecified atom stereocenters. The van der Waals surface area contributed by atoms with Gasteiger partial charge in [-0.25, -0.2) is 13.8 Å². The van der Waals surface area contributed by atoms with Crippen LogP contribution in [-0.4, -0.2) is 28.9 Å². The van der Waals surface area contributed by atoms with Crippen molar-refractivity contribution in [3.8, 4) is 0 Å². The molecule has 0 saturated carbocycles. The summed E-state index contributed by atoms with van der Waals surface area (Å²) >= 11 is 1.25. The second kappa shape index (κ2) is 4.56. The van der Waals surface area contributed by atoms with E-state index in [1.807, 2.05) is 0 Å². The lowest BCUT2D eigenvalue weighted by molar-refractivity contribution is -0.117. The van der Waals surface area contributed by atoms with Crippen molar-refractivity contribution >= 4 is 33.3 Å². The summed E-state index contributed by atoms with van der Waals surface area (Å²) in [5, 5.41) is 4.33. The number of hydrogen-bond acceptors (Lipinski definition) is 5. The van der Waals surface area contributed by atoms with Crippen LogP contribution in [0.5, 0.6) is 0 Å². The molecule has 0 fully saturated rings. The lowest BCUT2D eigenvalue weighted by Gasteiger charge is -2.16. The molecule has 2 aromatic rings. The van der Waals surface area contributed by atoms with Crippen LogP contribution in [0.2, 0.25) is 0 Å². The number of nitrogens with two attached hydrogens (primary N) is 1. The Balaban J connectivity index is 2.24. The van der Waals surface area contributed by atoms with Gasteiger partial charge in [-0.1, -0.05) is 0 Å². The second-order valence-corrected chi connectivity index (χ2v) is 4.38. The average Bonchev–Trinajstić information content (AvgIpc) is 2.73.